The van der Waals surface area contributed by atoms with Gasteiger partial charge >= 0.3 is 0 Å². The van der Waals surface area contributed by atoms with Gasteiger partial charge < -0.3 is 10.6 Å². The Morgan fingerprint density at radius 1 is 1.20 bits per heavy atom. The van der Waals surface area contributed by atoms with E-state index in [1.165, 1.54) is 25.3 Å². The molecule has 0 aliphatic rings. The van der Waals surface area contributed by atoms with Crippen LogP contribution in [0.25, 0.3) is 0 Å². The van der Waals surface area contributed by atoms with Crippen LogP contribution in [-0.2, 0) is 11.3 Å². The summed E-state index contributed by atoms with van der Waals surface area (Å²) in [5.41, 5.74) is 1.59. The predicted octanol–water partition coefficient (Wildman–Crippen LogP) is 3.16. The first kappa shape index (κ1) is 17.9. The number of Topliss-reactive ketones (excluding diaryl/α,β-unsaturated/α-hetero) is 1. The van der Waals surface area contributed by atoms with Crippen LogP contribution in [0.3, 0.4) is 0 Å². The van der Waals surface area contributed by atoms with Crippen molar-refractivity contribution in [1.29, 1.82) is 5.26 Å². The van der Waals surface area contributed by atoms with E-state index in [-0.39, 0.29) is 17.2 Å². The van der Waals surface area contributed by atoms with E-state index in [0.29, 0.717) is 17.8 Å². The second-order valence-corrected chi connectivity index (χ2v) is 5.27. The van der Waals surface area contributed by atoms with Crippen molar-refractivity contribution in [3.05, 3.63) is 77.2 Å². The van der Waals surface area contributed by atoms with Crippen molar-refractivity contribution < 1.29 is 14.0 Å². The summed E-state index contributed by atoms with van der Waals surface area (Å²) < 4.78 is 12.8. The van der Waals surface area contributed by atoms with Gasteiger partial charge in [0.25, 0.3) is 5.91 Å². The Hall–Kier alpha value is -3.46. The molecule has 0 aromatic heterocycles. The number of carbonyl (C=O) groups excluding carboxylic acids is 2. The molecule has 0 atom stereocenters. The molecular weight excluding hydrogens is 321 g/mol. The van der Waals surface area contributed by atoms with Crippen molar-refractivity contribution in [2.24, 2.45) is 0 Å². The van der Waals surface area contributed by atoms with Gasteiger partial charge in [-0.25, -0.2) is 4.39 Å². The highest BCUT2D eigenvalue weighted by atomic mass is 19.1. The summed E-state index contributed by atoms with van der Waals surface area (Å²) in [6, 6.07) is 14.2. The molecule has 0 fully saturated rings. The molecule has 2 rings (SSSR count). The van der Waals surface area contributed by atoms with Gasteiger partial charge in [0.15, 0.2) is 5.78 Å². The van der Waals surface area contributed by atoms with Gasteiger partial charge in [-0.15, -0.1) is 0 Å². The molecule has 1 amide bonds. The molecule has 2 aromatic carbocycles. The number of rotatable bonds is 6. The summed E-state index contributed by atoms with van der Waals surface area (Å²) in [6.45, 7) is 1.78. The molecule has 126 valence electrons. The van der Waals surface area contributed by atoms with Gasteiger partial charge in [-0.3, -0.25) is 9.59 Å². The molecule has 0 aliphatic heterocycles. The van der Waals surface area contributed by atoms with E-state index in [4.69, 9.17) is 5.26 Å². The summed E-state index contributed by atoms with van der Waals surface area (Å²) in [5, 5.41) is 14.5. The Morgan fingerprint density at radius 2 is 1.92 bits per heavy atom. The zero-order chi connectivity index (χ0) is 18.2. The average Bonchev–Trinajstić information content (AvgIpc) is 2.60. The number of nitriles is 1. The number of halogens is 1. The minimum Gasteiger partial charge on any atom is -0.386 e. The summed E-state index contributed by atoms with van der Waals surface area (Å²) >= 11 is 0. The van der Waals surface area contributed by atoms with Crippen LogP contribution < -0.4 is 10.6 Å². The third kappa shape index (κ3) is 5.29. The monoisotopic (exact) mass is 337 g/mol. The number of nitrogens with zero attached hydrogens (tertiary/aromatic N) is 1. The van der Waals surface area contributed by atoms with Crippen LogP contribution in [0.4, 0.5) is 10.1 Å². The van der Waals surface area contributed by atoms with E-state index in [1.54, 1.807) is 36.4 Å². The molecule has 2 aromatic rings. The highest BCUT2D eigenvalue weighted by Gasteiger charge is 2.10. The van der Waals surface area contributed by atoms with Crippen LogP contribution in [0.5, 0.6) is 0 Å². The van der Waals surface area contributed by atoms with Gasteiger partial charge in [0.2, 0.25) is 0 Å². The fourth-order valence-electron chi connectivity index (χ4n) is 2.04. The van der Waals surface area contributed by atoms with Gasteiger partial charge in [-0.2, -0.15) is 5.26 Å². The second-order valence-electron chi connectivity index (χ2n) is 5.27. The van der Waals surface area contributed by atoms with Crippen LogP contribution in [0.15, 0.2) is 60.3 Å². The molecule has 0 saturated heterocycles. The molecule has 6 heteroatoms. The maximum atomic E-state index is 12.8. The molecule has 0 spiro atoms. The highest BCUT2D eigenvalue weighted by Crippen LogP contribution is 2.12. The molecule has 0 saturated carbocycles. The Morgan fingerprint density at radius 3 is 2.56 bits per heavy atom. The molecule has 0 heterocycles. The molecule has 5 nitrogen and oxygen atoms in total. The van der Waals surface area contributed by atoms with Gasteiger partial charge in [0.05, 0.1) is 0 Å². The van der Waals surface area contributed by atoms with Gasteiger partial charge in [-0.1, -0.05) is 24.3 Å². The SMILES string of the molecule is CC(=O)c1cccc(NC(=O)/C(C#N)=C\NCc2ccc(F)cc2)c1. The van der Waals surface area contributed by atoms with Crippen molar-refractivity contribution in [3.63, 3.8) is 0 Å². The number of benzene rings is 2. The molecule has 2 N–H and O–H groups in total. The number of ketones is 1. The quantitative estimate of drug-likeness (QED) is 0.482. The van der Waals surface area contributed by atoms with E-state index in [9.17, 15) is 14.0 Å². The smallest absolute Gasteiger partial charge is 0.267 e. The normalized spacial score (nSPS) is 10.7. The number of hydrogen-bond donors (Lipinski definition) is 2. The highest BCUT2D eigenvalue weighted by molar-refractivity contribution is 6.07. The molecule has 0 radical (unpaired) electrons. The van der Waals surface area contributed by atoms with Crippen molar-refractivity contribution >= 4 is 17.4 Å². The third-order valence-corrected chi connectivity index (χ3v) is 3.36. The fraction of sp³-hybridized carbons (Fsp3) is 0.105. The van der Waals surface area contributed by atoms with Crippen LogP contribution in [0.1, 0.15) is 22.8 Å². The fourth-order valence-corrected chi connectivity index (χ4v) is 2.04. The Balaban J connectivity index is 2.00. The third-order valence-electron chi connectivity index (χ3n) is 3.36. The van der Waals surface area contributed by atoms with E-state index in [1.807, 2.05) is 6.07 Å². The first-order chi connectivity index (χ1) is 12.0. The lowest BCUT2D eigenvalue weighted by Crippen LogP contribution is -2.16. The lowest BCUT2D eigenvalue weighted by Gasteiger charge is -2.06. The maximum Gasteiger partial charge on any atom is 0.267 e. The standard InChI is InChI=1S/C19H16FN3O2/c1-13(24)15-3-2-4-18(9-15)23-19(25)16(10-21)12-22-11-14-5-7-17(20)8-6-14/h2-9,12,22H,11H2,1H3,(H,23,25)/b16-12-. The minimum absolute atomic E-state index is 0.115. The number of nitrogens with one attached hydrogen (secondary N) is 2. The van der Waals surface area contributed by atoms with Crippen molar-refractivity contribution in [1.82, 2.24) is 5.32 Å². The van der Waals surface area contributed by atoms with Crippen LogP contribution in [-0.4, -0.2) is 11.7 Å². The molecule has 25 heavy (non-hydrogen) atoms. The van der Waals surface area contributed by atoms with E-state index < -0.39 is 5.91 Å². The molecular formula is C19H16FN3O2. The summed E-state index contributed by atoms with van der Waals surface area (Å²) in [7, 11) is 0. The van der Waals surface area contributed by atoms with Crippen molar-refractivity contribution in [2.75, 3.05) is 5.32 Å². The summed E-state index contributed by atoms with van der Waals surface area (Å²) in [5.74, 6) is -1.04. The largest absolute Gasteiger partial charge is 0.386 e. The van der Waals surface area contributed by atoms with Gasteiger partial charge in [-0.05, 0) is 36.8 Å². The Bertz CT molecular complexity index is 852. The van der Waals surface area contributed by atoms with E-state index in [2.05, 4.69) is 10.6 Å². The Kier molecular flexibility index (Phi) is 6.02. The first-order valence-electron chi connectivity index (χ1n) is 7.50. The topological polar surface area (TPSA) is 82.0 Å². The number of anilines is 1. The summed E-state index contributed by atoms with van der Waals surface area (Å²) in [4.78, 5) is 23.5. The summed E-state index contributed by atoms with van der Waals surface area (Å²) in [6.07, 6.45) is 1.30. The predicted molar refractivity (Wildman–Crippen MR) is 92.0 cm³/mol. The van der Waals surface area contributed by atoms with Gasteiger partial charge in [0, 0.05) is 24.0 Å². The maximum absolute atomic E-state index is 12.8. The van der Waals surface area contributed by atoms with Gasteiger partial charge in [0.1, 0.15) is 17.5 Å². The second kappa shape index (κ2) is 8.41. The zero-order valence-electron chi connectivity index (χ0n) is 13.5. The number of amides is 1. The molecule has 0 unspecified atom stereocenters. The average molecular weight is 337 g/mol. The van der Waals surface area contributed by atoms with Crippen LogP contribution >= 0.6 is 0 Å². The van der Waals surface area contributed by atoms with Crippen LogP contribution in [0.2, 0.25) is 0 Å². The van der Waals surface area contributed by atoms with Crippen molar-refractivity contribution in [3.8, 4) is 6.07 Å². The zero-order valence-corrected chi connectivity index (χ0v) is 13.5. The van der Waals surface area contributed by atoms with Crippen LogP contribution in [0, 0.1) is 17.1 Å². The number of hydrogen-bond acceptors (Lipinski definition) is 4. The number of carbonyl (C=O) groups is 2. The lowest BCUT2D eigenvalue weighted by molar-refractivity contribution is -0.112. The van der Waals surface area contributed by atoms with E-state index >= 15 is 0 Å². The first-order valence-corrected chi connectivity index (χ1v) is 7.50. The Labute approximate surface area is 144 Å². The minimum atomic E-state index is -0.588. The van der Waals surface area contributed by atoms with Crippen molar-refractivity contribution in [2.45, 2.75) is 13.5 Å². The lowest BCUT2D eigenvalue weighted by atomic mass is 10.1. The molecule has 0 bridgehead atoms. The molecule has 0 aliphatic carbocycles. The van der Waals surface area contributed by atoms with E-state index in [0.717, 1.165) is 5.56 Å².